The minimum absolute atomic E-state index is 0.589. The van der Waals surface area contributed by atoms with Crippen molar-refractivity contribution in [3.63, 3.8) is 0 Å². The second kappa shape index (κ2) is 9.18. The number of hydrogen-bond donors (Lipinski definition) is 1. The third kappa shape index (κ3) is 5.43. The largest absolute Gasteiger partial charge is 0.460 e. The SMILES string of the molecule is COCCCN1CCC(NCc2ccc(-c3ccc(C)cc3)o2)CC1. The van der Waals surface area contributed by atoms with Gasteiger partial charge in [0.25, 0.3) is 0 Å². The fourth-order valence-corrected chi connectivity index (χ4v) is 3.38. The van der Waals surface area contributed by atoms with Gasteiger partial charge in [-0.05, 0) is 51.4 Å². The number of methoxy groups -OCH3 is 1. The van der Waals surface area contributed by atoms with Crippen LogP contribution in [0.5, 0.6) is 0 Å². The summed E-state index contributed by atoms with van der Waals surface area (Å²) in [5.41, 5.74) is 2.41. The Balaban J connectivity index is 1.42. The number of nitrogens with zero attached hydrogens (tertiary/aromatic N) is 1. The van der Waals surface area contributed by atoms with Crippen LogP contribution in [0.3, 0.4) is 0 Å². The summed E-state index contributed by atoms with van der Waals surface area (Å²) in [6.45, 7) is 7.27. The predicted octanol–water partition coefficient (Wildman–Crippen LogP) is 3.85. The van der Waals surface area contributed by atoms with E-state index in [9.17, 15) is 0 Å². The molecule has 1 aliphatic heterocycles. The minimum atomic E-state index is 0.589. The van der Waals surface area contributed by atoms with Gasteiger partial charge in [0.2, 0.25) is 0 Å². The molecule has 136 valence electrons. The molecule has 2 aromatic rings. The number of likely N-dealkylation sites (tertiary alicyclic amines) is 1. The Morgan fingerprint density at radius 2 is 1.88 bits per heavy atom. The number of nitrogens with one attached hydrogen (secondary N) is 1. The fraction of sp³-hybridized carbons (Fsp3) is 0.524. The molecule has 4 nitrogen and oxygen atoms in total. The van der Waals surface area contributed by atoms with Gasteiger partial charge >= 0.3 is 0 Å². The molecule has 0 atom stereocenters. The number of rotatable bonds is 8. The lowest BCUT2D eigenvalue weighted by Gasteiger charge is -2.32. The van der Waals surface area contributed by atoms with Crippen LogP contribution in [0.1, 0.15) is 30.6 Å². The molecule has 1 aromatic carbocycles. The van der Waals surface area contributed by atoms with Gasteiger partial charge in [0, 0.05) is 31.9 Å². The van der Waals surface area contributed by atoms with E-state index in [0.717, 1.165) is 43.2 Å². The highest BCUT2D eigenvalue weighted by Gasteiger charge is 2.18. The zero-order valence-electron chi connectivity index (χ0n) is 15.5. The Hall–Kier alpha value is -1.62. The highest BCUT2D eigenvalue weighted by molar-refractivity contribution is 5.57. The Morgan fingerprint density at radius 3 is 2.60 bits per heavy atom. The van der Waals surface area contributed by atoms with E-state index in [1.165, 1.54) is 31.5 Å². The number of benzene rings is 1. The van der Waals surface area contributed by atoms with Crippen molar-refractivity contribution in [1.82, 2.24) is 10.2 Å². The number of hydrogen-bond acceptors (Lipinski definition) is 4. The summed E-state index contributed by atoms with van der Waals surface area (Å²) < 4.78 is 11.1. The molecule has 4 heteroatoms. The van der Waals surface area contributed by atoms with E-state index < -0.39 is 0 Å². The first kappa shape index (κ1) is 18.2. The smallest absolute Gasteiger partial charge is 0.134 e. The van der Waals surface area contributed by atoms with Crippen LogP contribution < -0.4 is 5.32 Å². The van der Waals surface area contributed by atoms with Crippen molar-refractivity contribution in [1.29, 1.82) is 0 Å². The molecule has 1 aliphatic rings. The Labute approximate surface area is 151 Å². The second-order valence-electron chi connectivity index (χ2n) is 6.98. The van der Waals surface area contributed by atoms with Crippen LogP contribution in [-0.2, 0) is 11.3 Å². The molecule has 2 heterocycles. The molecule has 0 spiro atoms. The van der Waals surface area contributed by atoms with Crippen molar-refractivity contribution in [3.8, 4) is 11.3 Å². The summed E-state index contributed by atoms with van der Waals surface area (Å²) >= 11 is 0. The molecular formula is C21H30N2O2. The summed E-state index contributed by atoms with van der Waals surface area (Å²) in [4.78, 5) is 2.54. The Kier molecular flexibility index (Phi) is 6.68. The van der Waals surface area contributed by atoms with E-state index >= 15 is 0 Å². The molecule has 3 rings (SSSR count). The topological polar surface area (TPSA) is 37.6 Å². The molecule has 0 amide bonds. The molecule has 1 fully saturated rings. The zero-order valence-corrected chi connectivity index (χ0v) is 15.5. The number of piperidine rings is 1. The van der Waals surface area contributed by atoms with Gasteiger partial charge in [-0.2, -0.15) is 0 Å². The van der Waals surface area contributed by atoms with Gasteiger partial charge in [-0.15, -0.1) is 0 Å². The van der Waals surface area contributed by atoms with E-state index in [1.807, 2.05) is 0 Å². The molecule has 0 bridgehead atoms. The molecule has 0 saturated carbocycles. The van der Waals surface area contributed by atoms with Crippen molar-refractivity contribution in [2.45, 2.75) is 38.8 Å². The average molecular weight is 342 g/mol. The monoisotopic (exact) mass is 342 g/mol. The molecule has 0 unspecified atom stereocenters. The number of ether oxygens (including phenoxy) is 1. The summed E-state index contributed by atoms with van der Waals surface area (Å²) in [5, 5.41) is 3.65. The van der Waals surface area contributed by atoms with Crippen LogP contribution in [0, 0.1) is 6.92 Å². The maximum Gasteiger partial charge on any atom is 0.134 e. The van der Waals surface area contributed by atoms with Crippen LogP contribution in [0.2, 0.25) is 0 Å². The Bertz CT molecular complexity index is 628. The maximum absolute atomic E-state index is 6.00. The molecule has 25 heavy (non-hydrogen) atoms. The van der Waals surface area contributed by atoms with Gasteiger partial charge in [0.15, 0.2) is 0 Å². The highest BCUT2D eigenvalue weighted by atomic mass is 16.5. The van der Waals surface area contributed by atoms with Crippen molar-refractivity contribution in [2.75, 3.05) is 33.4 Å². The summed E-state index contributed by atoms with van der Waals surface area (Å²) in [6, 6.07) is 13.2. The van der Waals surface area contributed by atoms with Gasteiger partial charge in [-0.3, -0.25) is 0 Å². The zero-order chi connectivity index (χ0) is 17.5. The van der Waals surface area contributed by atoms with Crippen LogP contribution in [0.25, 0.3) is 11.3 Å². The molecule has 1 aromatic heterocycles. The molecule has 1 saturated heterocycles. The normalized spacial score (nSPS) is 16.4. The third-order valence-electron chi connectivity index (χ3n) is 4.97. The summed E-state index contributed by atoms with van der Waals surface area (Å²) in [6.07, 6.45) is 3.54. The lowest BCUT2D eigenvalue weighted by molar-refractivity contribution is 0.152. The highest BCUT2D eigenvalue weighted by Crippen LogP contribution is 2.22. The summed E-state index contributed by atoms with van der Waals surface area (Å²) in [7, 11) is 1.77. The van der Waals surface area contributed by atoms with E-state index in [1.54, 1.807) is 7.11 Å². The van der Waals surface area contributed by atoms with E-state index in [0.29, 0.717) is 6.04 Å². The average Bonchev–Trinajstić information content (AvgIpc) is 3.11. The first-order chi connectivity index (χ1) is 12.2. The first-order valence-corrected chi connectivity index (χ1v) is 9.35. The van der Waals surface area contributed by atoms with Crippen LogP contribution >= 0.6 is 0 Å². The van der Waals surface area contributed by atoms with E-state index in [4.69, 9.17) is 9.15 Å². The summed E-state index contributed by atoms with van der Waals surface area (Å²) in [5.74, 6) is 1.96. The maximum atomic E-state index is 6.00. The lowest BCUT2D eigenvalue weighted by Crippen LogP contribution is -2.42. The van der Waals surface area contributed by atoms with Crippen molar-refractivity contribution in [2.24, 2.45) is 0 Å². The van der Waals surface area contributed by atoms with E-state index in [-0.39, 0.29) is 0 Å². The first-order valence-electron chi connectivity index (χ1n) is 9.35. The van der Waals surface area contributed by atoms with Crippen molar-refractivity contribution < 1.29 is 9.15 Å². The number of furan rings is 1. The minimum Gasteiger partial charge on any atom is -0.460 e. The van der Waals surface area contributed by atoms with Gasteiger partial charge in [-0.25, -0.2) is 0 Å². The Morgan fingerprint density at radius 1 is 1.12 bits per heavy atom. The quantitative estimate of drug-likeness (QED) is 0.740. The van der Waals surface area contributed by atoms with Gasteiger partial charge in [0.05, 0.1) is 6.54 Å². The molecule has 0 radical (unpaired) electrons. The van der Waals surface area contributed by atoms with Gasteiger partial charge < -0.3 is 19.4 Å². The predicted molar refractivity (Wildman–Crippen MR) is 102 cm³/mol. The molecular weight excluding hydrogens is 312 g/mol. The molecule has 0 aliphatic carbocycles. The standard InChI is InChI=1S/C21H30N2O2/c1-17-4-6-18(7-5-17)21-9-8-20(25-21)16-22-19-10-13-23(14-11-19)12-3-15-24-2/h4-9,19,22H,3,10-16H2,1-2H3. The van der Waals surface area contributed by atoms with E-state index in [2.05, 4.69) is 53.5 Å². The van der Waals surface area contributed by atoms with Crippen LogP contribution in [-0.4, -0.2) is 44.3 Å². The van der Waals surface area contributed by atoms with Gasteiger partial charge in [-0.1, -0.05) is 29.8 Å². The third-order valence-corrected chi connectivity index (χ3v) is 4.97. The number of aryl methyl sites for hydroxylation is 1. The fourth-order valence-electron chi connectivity index (χ4n) is 3.38. The second-order valence-corrected chi connectivity index (χ2v) is 6.98. The molecule has 1 N–H and O–H groups in total. The van der Waals surface area contributed by atoms with Crippen molar-refractivity contribution >= 4 is 0 Å². The van der Waals surface area contributed by atoms with Gasteiger partial charge in [0.1, 0.15) is 11.5 Å². The lowest BCUT2D eigenvalue weighted by atomic mass is 10.0. The van der Waals surface area contributed by atoms with Crippen LogP contribution in [0.4, 0.5) is 0 Å². The van der Waals surface area contributed by atoms with Crippen LogP contribution in [0.15, 0.2) is 40.8 Å². The van der Waals surface area contributed by atoms with Crippen molar-refractivity contribution in [3.05, 3.63) is 47.7 Å².